The molecule has 2 rings (SSSR count). The molecule has 0 amide bonds. The van der Waals surface area contributed by atoms with Crippen molar-refractivity contribution >= 4 is 17.3 Å². The van der Waals surface area contributed by atoms with Crippen molar-refractivity contribution in [2.75, 3.05) is 6.54 Å². The molecule has 3 atom stereocenters. The largest absolute Gasteiger partial charge is 0.481 e. The van der Waals surface area contributed by atoms with Crippen LogP contribution in [0.15, 0.2) is 17.5 Å². The summed E-state index contributed by atoms with van der Waals surface area (Å²) in [5.74, 6) is 0.0345. The summed E-state index contributed by atoms with van der Waals surface area (Å²) in [6, 6.07) is 4.58. The van der Waals surface area contributed by atoms with Crippen LogP contribution in [0.5, 0.6) is 0 Å². The van der Waals surface area contributed by atoms with Crippen molar-refractivity contribution in [1.29, 1.82) is 0 Å². The van der Waals surface area contributed by atoms with E-state index in [4.69, 9.17) is 0 Å². The highest BCUT2D eigenvalue weighted by Gasteiger charge is 2.33. The highest BCUT2D eigenvalue weighted by atomic mass is 32.1. The number of rotatable bonds is 6. The number of carboxylic acids is 1. The predicted octanol–water partition coefficient (Wildman–Crippen LogP) is 3.54. The Balaban J connectivity index is 1.94. The fraction of sp³-hybridized carbons (Fsp3) is 0.667. The highest BCUT2D eigenvalue weighted by Crippen LogP contribution is 2.33. The van der Waals surface area contributed by atoms with Gasteiger partial charge in [-0.05, 0) is 42.7 Å². The minimum atomic E-state index is -0.624. The van der Waals surface area contributed by atoms with E-state index in [0.717, 1.165) is 25.8 Å². The Kier molecular flexibility index (Phi) is 4.99. The first-order valence-corrected chi connectivity index (χ1v) is 7.97. The third-order valence-corrected chi connectivity index (χ3v) is 5.05. The van der Waals surface area contributed by atoms with Gasteiger partial charge < -0.3 is 10.4 Å². The van der Waals surface area contributed by atoms with Gasteiger partial charge in [-0.25, -0.2) is 0 Å². The van der Waals surface area contributed by atoms with Gasteiger partial charge in [0.1, 0.15) is 0 Å². The number of thiophene rings is 1. The normalized spacial score (nSPS) is 24.8. The van der Waals surface area contributed by atoms with Crippen LogP contribution in [0.4, 0.5) is 0 Å². The molecule has 2 N–H and O–H groups in total. The van der Waals surface area contributed by atoms with Crippen molar-refractivity contribution < 1.29 is 9.90 Å². The second-order valence-corrected chi connectivity index (χ2v) is 6.76. The van der Waals surface area contributed by atoms with Gasteiger partial charge in [-0.1, -0.05) is 26.3 Å². The average Bonchev–Trinajstić information content (AvgIpc) is 2.98. The first-order valence-electron chi connectivity index (χ1n) is 7.09. The van der Waals surface area contributed by atoms with E-state index in [9.17, 15) is 9.90 Å². The van der Waals surface area contributed by atoms with Crippen molar-refractivity contribution in [3.8, 4) is 0 Å². The summed E-state index contributed by atoms with van der Waals surface area (Å²) >= 11 is 1.77. The Bertz CT molecular complexity index is 402. The van der Waals surface area contributed by atoms with Gasteiger partial charge in [0.2, 0.25) is 0 Å². The molecule has 1 aromatic rings. The molecule has 1 aliphatic rings. The number of nitrogens with one attached hydrogen (secondary N) is 1. The minimum Gasteiger partial charge on any atom is -0.481 e. The molecule has 19 heavy (non-hydrogen) atoms. The molecule has 0 bridgehead atoms. The van der Waals surface area contributed by atoms with Crippen LogP contribution in [0.1, 0.15) is 44.0 Å². The molecule has 1 aromatic heterocycles. The van der Waals surface area contributed by atoms with Crippen molar-refractivity contribution in [3.05, 3.63) is 22.4 Å². The zero-order valence-electron chi connectivity index (χ0n) is 11.6. The Morgan fingerprint density at radius 2 is 2.32 bits per heavy atom. The summed E-state index contributed by atoms with van der Waals surface area (Å²) in [7, 11) is 0. The summed E-state index contributed by atoms with van der Waals surface area (Å²) in [4.78, 5) is 12.5. The van der Waals surface area contributed by atoms with Crippen LogP contribution in [0.3, 0.4) is 0 Å². The van der Waals surface area contributed by atoms with E-state index in [1.54, 1.807) is 11.3 Å². The molecular formula is C15H23NO2S. The second-order valence-electron chi connectivity index (χ2n) is 5.78. The Hall–Kier alpha value is -0.870. The number of hydrogen-bond acceptors (Lipinski definition) is 3. The van der Waals surface area contributed by atoms with Gasteiger partial charge >= 0.3 is 5.97 Å². The van der Waals surface area contributed by atoms with E-state index < -0.39 is 5.97 Å². The van der Waals surface area contributed by atoms with Gasteiger partial charge in [0.25, 0.3) is 0 Å². The SMILES string of the molecule is CC(C)C(NCC1CCCC1C(=O)O)c1cccs1. The van der Waals surface area contributed by atoms with Gasteiger partial charge in [0, 0.05) is 10.9 Å². The predicted molar refractivity (Wildman–Crippen MR) is 78.4 cm³/mol. The maximum absolute atomic E-state index is 11.2. The monoisotopic (exact) mass is 281 g/mol. The van der Waals surface area contributed by atoms with E-state index in [2.05, 4.69) is 36.7 Å². The number of carbonyl (C=O) groups is 1. The van der Waals surface area contributed by atoms with E-state index in [1.165, 1.54) is 4.88 Å². The topological polar surface area (TPSA) is 49.3 Å². The summed E-state index contributed by atoms with van der Waals surface area (Å²) in [5.41, 5.74) is 0. The van der Waals surface area contributed by atoms with Gasteiger partial charge in [-0.3, -0.25) is 4.79 Å². The molecule has 0 saturated heterocycles. The first-order chi connectivity index (χ1) is 9.09. The lowest BCUT2D eigenvalue weighted by Gasteiger charge is -2.25. The standard InChI is InChI=1S/C15H23NO2S/c1-10(2)14(13-7-4-8-19-13)16-9-11-5-3-6-12(11)15(17)18/h4,7-8,10-12,14,16H,3,5-6,9H2,1-2H3,(H,17,18). The first kappa shape index (κ1) is 14.5. The zero-order valence-corrected chi connectivity index (χ0v) is 12.5. The quantitative estimate of drug-likeness (QED) is 0.838. The Morgan fingerprint density at radius 1 is 1.53 bits per heavy atom. The van der Waals surface area contributed by atoms with Gasteiger partial charge in [0.15, 0.2) is 0 Å². The van der Waals surface area contributed by atoms with Gasteiger partial charge in [-0.2, -0.15) is 0 Å². The van der Waals surface area contributed by atoms with Crippen LogP contribution in [0.2, 0.25) is 0 Å². The molecule has 3 nitrogen and oxygen atoms in total. The van der Waals surface area contributed by atoms with Crippen molar-refractivity contribution in [3.63, 3.8) is 0 Å². The van der Waals surface area contributed by atoms with Crippen molar-refractivity contribution in [1.82, 2.24) is 5.32 Å². The molecule has 1 aliphatic carbocycles. The van der Waals surface area contributed by atoms with Crippen LogP contribution < -0.4 is 5.32 Å². The molecule has 1 heterocycles. The summed E-state index contributed by atoms with van der Waals surface area (Å²) in [6.07, 6.45) is 2.93. The number of hydrogen-bond donors (Lipinski definition) is 2. The third-order valence-electron chi connectivity index (χ3n) is 4.09. The lowest BCUT2D eigenvalue weighted by Crippen LogP contribution is -2.33. The molecule has 4 heteroatoms. The van der Waals surface area contributed by atoms with Crippen LogP contribution in [0.25, 0.3) is 0 Å². The molecule has 0 aromatic carbocycles. The molecule has 0 aliphatic heterocycles. The smallest absolute Gasteiger partial charge is 0.306 e. The Morgan fingerprint density at radius 3 is 2.89 bits per heavy atom. The second kappa shape index (κ2) is 6.53. The summed E-state index contributed by atoms with van der Waals surface area (Å²) < 4.78 is 0. The summed E-state index contributed by atoms with van der Waals surface area (Å²) in [6.45, 7) is 5.24. The Labute approximate surface area is 119 Å². The third kappa shape index (κ3) is 3.57. The fourth-order valence-corrected chi connectivity index (χ4v) is 3.99. The van der Waals surface area contributed by atoms with E-state index in [-0.39, 0.29) is 5.92 Å². The molecule has 0 spiro atoms. The van der Waals surface area contributed by atoms with Crippen molar-refractivity contribution in [2.45, 2.75) is 39.2 Å². The zero-order chi connectivity index (χ0) is 13.8. The summed E-state index contributed by atoms with van der Waals surface area (Å²) in [5, 5.41) is 14.9. The maximum atomic E-state index is 11.2. The lowest BCUT2D eigenvalue weighted by molar-refractivity contribution is -0.142. The lowest BCUT2D eigenvalue weighted by atomic mass is 9.94. The molecule has 0 radical (unpaired) electrons. The fourth-order valence-electron chi connectivity index (χ4n) is 3.02. The van der Waals surface area contributed by atoms with Crippen LogP contribution >= 0.6 is 11.3 Å². The van der Waals surface area contributed by atoms with E-state index in [1.807, 2.05) is 0 Å². The van der Waals surface area contributed by atoms with Crippen molar-refractivity contribution in [2.24, 2.45) is 17.8 Å². The number of aliphatic carboxylic acids is 1. The molecule has 1 saturated carbocycles. The van der Waals surface area contributed by atoms with Crippen LogP contribution in [0, 0.1) is 17.8 Å². The van der Waals surface area contributed by atoms with Crippen LogP contribution in [-0.2, 0) is 4.79 Å². The van der Waals surface area contributed by atoms with Gasteiger partial charge in [-0.15, -0.1) is 11.3 Å². The maximum Gasteiger partial charge on any atom is 0.306 e. The molecule has 1 fully saturated rings. The van der Waals surface area contributed by atoms with Gasteiger partial charge in [0.05, 0.1) is 5.92 Å². The van der Waals surface area contributed by atoms with E-state index in [0.29, 0.717) is 17.9 Å². The molecule has 106 valence electrons. The number of carboxylic acid groups (broad SMARTS) is 1. The molecular weight excluding hydrogens is 258 g/mol. The minimum absolute atomic E-state index is 0.149. The highest BCUT2D eigenvalue weighted by molar-refractivity contribution is 7.10. The molecule has 3 unspecified atom stereocenters. The average molecular weight is 281 g/mol. The van der Waals surface area contributed by atoms with E-state index >= 15 is 0 Å². The van der Waals surface area contributed by atoms with Crippen LogP contribution in [-0.4, -0.2) is 17.6 Å².